The van der Waals surface area contributed by atoms with Crippen LogP contribution in [0.25, 0.3) is 0 Å². The lowest BCUT2D eigenvalue weighted by Crippen LogP contribution is -2.37. The van der Waals surface area contributed by atoms with Gasteiger partial charge >= 0.3 is 0 Å². The zero-order valence-corrected chi connectivity index (χ0v) is 9.91. The van der Waals surface area contributed by atoms with Gasteiger partial charge in [0.15, 0.2) is 0 Å². The van der Waals surface area contributed by atoms with Crippen molar-refractivity contribution in [1.82, 2.24) is 10.3 Å². The Morgan fingerprint density at radius 3 is 2.88 bits per heavy atom. The van der Waals surface area contributed by atoms with E-state index in [9.17, 15) is 4.39 Å². The highest BCUT2D eigenvalue weighted by Gasteiger charge is 2.33. The minimum Gasteiger partial charge on any atom is -0.314 e. The maximum atomic E-state index is 13.6. The zero-order valence-electron chi connectivity index (χ0n) is 9.91. The molecule has 0 bridgehead atoms. The minimum atomic E-state index is -0.151. The minimum absolute atomic E-state index is 0.151. The van der Waals surface area contributed by atoms with E-state index in [0.29, 0.717) is 17.9 Å². The van der Waals surface area contributed by atoms with Crippen molar-refractivity contribution in [3.05, 3.63) is 29.8 Å². The molecule has 0 saturated heterocycles. The second-order valence-electron chi connectivity index (χ2n) is 4.90. The molecular formula is C13H19FN2. The van der Waals surface area contributed by atoms with Gasteiger partial charge in [-0.15, -0.1) is 0 Å². The van der Waals surface area contributed by atoms with Gasteiger partial charge in [0.1, 0.15) is 5.82 Å². The molecule has 88 valence electrons. The zero-order chi connectivity index (χ0) is 11.5. The fourth-order valence-corrected chi connectivity index (χ4v) is 2.30. The summed E-state index contributed by atoms with van der Waals surface area (Å²) < 4.78 is 13.6. The van der Waals surface area contributed by atoms with Gasteiger partial charge in [-0.2, -0.15) is 0 Å². The fraction of sp³-hybridized carbons (Fsp3) is 0.615. The topological polar surface area (TPSA) is 24.9 Å². The summed E-state index contributed by atoms with van der Waals surface area (Å²) in [5, 5.41) is 3.43. The largest absolute Gasteiger partial charge is 0.314 e. The smallest absolute Gasteiger partial charge is 0.144 e. The van der Waals surface area contributed by atoms with Crippen LogP contribution in [0, 0.1) is 11.7 Å². The van der Waals surface area contributed by atoms with E-state index < -0.39 is 0 Å². The number of halogens is 1. The summed E-state index contributed by atoms with van der Waals surface area (Å²) >= 11 is 0. The Hall–Kier alpha value is -0.960. The Morgan fingerprint density at radius 2 is 2.31 bits per heavy atom. The first-order valence-electron chi connectivity index (χ1n) is 6.01. The Balaban J connectivity index is 1.98. The SMILES string of the molecule is CC(C)NCC1CCC1c1ccncc1F. The van der Waals surface area contributed by atoms with Crippen molar-refractivity contribution in [1.29, 1.82) is 0 Å². The van der Waals surface area contributed by atoms with E-state index in [-0.39, 0.29) is 5.82 Å². The molecule has 1 N–H and O–H groups in total. The number of hydrogen-bond donors (Lipinski definition) is 1. The lowest BCUT2D eigenvalue weighted by molar-refractivity contribution is 0.235. The van der Waals surface area contributed by atoms with Gasteiger partial charge in [-0.05, 0) is 42.9 Å². The third-order valence-corrected chi connectivity index (χ3v) is 3.41. The summed E-state index contributed by atoms with van der Waals surface area (Å²) in [4.78, 5) is 3.79. The van der Waals surface area contributed by atoms with Crippen LogP contribution in [0.5, 0.6) is 0 Å². The predicted octanol–water partition coefficient (Wildman–Crippen LogP) is 2.71. The molecule has 2 atom stereocenters. The number of nitrogens with one attached hydrogen (secondary N) is 1. The van der Waals surface area contributed by atoms with Crippen molar-refractivity contribution in [2.75, 3.05) is 6.54 Å². The second kappa shape index (κ2) is 4.91. The second-order valence-corrected chi connectivity index (χ2v) is 4.90. The summed E-state index contributed by atoms with van der Waals surface area (Å²) in [7, 11) is 0. The molecule has 16 heavy (non-hydrogen) atoms. The van der Waals surface area contributed by atoms with Gasteiger partial charge in [0.25, 0.3) is 0 Å². The van der Waals surface area contributed by atoms with Crippen LogP contribution >= 0.6 is 0 Å². The van der Waals surface area contributed by atoms with E-state index in [1.165, 1.54) is 12.6 Å². The third-order valence-electron chi connectivity index (χ3n) is 3.41. The molecule has 0 aromatic carbocycles. The highest BCUT2D eigenvalue weighted by molar-refractivity contribution is 5.21. The quantitative estimate of drug-likeness (QED) is 0.847. The van der Waals surface area contributed by atoms with Crippen LogP contribution in [0.4, 0.5) is 4.39 Å². The standard InChI is InChI=1S/C13H19FN2/c1-9(2)16-7-10-3-4-11(10)12-5-6-15-8-13(12)14/h5-6,8-11,16H,3-4,7H2,1-2H3. The maximum absolute atomic E-state index is 13.6. The van der Waals surface area contributed by atoms with Gasteiger partial charge in [0.2, 0.25) is 0 Å². The molecular weight excluding hydrogens is 203 g/mol. The molecule has 1 aliphatic rings. The van der Waals surface area contributed by atoms with E-state index in [0.717, 1.165) is 18.5 Å². The Morgan fingerprint density at radius 1 is 1.50 bits per heavy atom. The van der Waals surface area contributed by atoms with Crippen LogP contribution in [0.2, 0.25) is 0 Å². The summed E-state index contributed by atoms with van der Waals surface area (Å²) in [6.45, 7) is 5.27. The van der Waals surface area contributed by atoms with Crippen molar-refractivity contribution >= 4 is 0 Å². The Labute approximate surface area is 96.3 Å². The van der Waals surface area contributed by atoms with Gasteiger partial charge in [0.05, 0.1) is 6.20 Å². The molecule has 1 aromatic heterocycles. The number of aromatic nitrogens is 1. The summed E-state index contributed by atoms with van der Waals surface area (Å²) in [6.07, 6.45) is 5.31. The van der Waals surface area contributed by atoms with Gasteiger partial charge < -0.3 is 5.32 Å². The molecule has 1 saturated carbocycles. The highest BCUT2D eigenvalue weighted by atomic mass is 19.1. The number of pyridine rings is 1. The van der Waals surface area contributed by atoms with E-state index in [2.05, 4.69) is 24.1 Å². The van der Waals surface area contributed by atoms with Crippen LogP contribution in [-0.2, 0) is 0 Å². The normalized spacial score (nSPS) is 24.5. The third kappa shape index (κ3) is 2.40. The first kappa shape index (κ1) is 11.5. The van der Waals surface area contributed by atoms with Crippen molar-refractivity contribution < 1.29 is 4.39 Å². The Kier molecular flexibility index (Phi) is 3.54. The molecule has 0 spiro atoms. The van der Waals surface area contributed by atoms with Crippen molar-refractivity contribution in [2.24, 2.45) is 5.92 Å². The number of rotatable bonds is 4. The molecule has 3 heteroatoms. The van der Waals surface area contributed by atoms with E-state index in [4.69, 9.17) is 0 Å². The molecule has 0 aliphatic heterocycles. The summed E-state index contributed by atoms with van der Waals surface area (Å²) in [5.74, 6) is 0.815. The molecule has 2 unspecified atom stereocenters. The molecule has 1 heterocycles. The van der Waals surface area contributed by atoms with Crippen LogP contribution in [0.1, 0.15) is 38.2 Å². The van der Waals surface area contributed by atoms with E-state index in [1.54, 1.807) is 6.20 Å². The van der Waals surface area contributed by atoms with Crippen LogP contribution in [-0.4, -0.2) is 17.6 Å². The van der Waals surface area contributed by atoms with E-state index in [1.807, 2.05) is 6.07 Å². The lowest BCUT2D eigenvalue weighted by atomic mass is 9.70. The first-order valence-corrected chi connectivity index (χ1v) is 6.01. The van der Waals surface area contributed by atoms with Crippen LogP contribution in [0.3, 0.4) is 0 Å². The van der Waals surface area contributed by atoms with Crippen LogP contribution in [0.15, 0.2) is 18.5 Å². The number of nitrogens with zero attached hydrogens (tertiary/aromatic N) is 1. The molecule has 0 amide bonds. The first-order chi connectivity index (χ1) is 7.68. The van der Waals surface area contributed by atoms with Gasteiger partial charge in [-0.1, -0.05) is 13.8 Å². The number of hydrogen-bond acceptors (Lipinski definition) is 2. The molecule has 1 aliphatic carbocycles. The summed E-state index contributed by atoms with van der Waals surface area (Å²) in [6, 6.07) is 2.32. The maximum Gasteiger partial charge on any atom is 0.144 e. The predicted molar refractivity (Wildman–Crippen MR) is 62.8 cm³/mol. The van der Waals surface area contributed by atoms with Gasteiger partial charge in [-0.25, -0.2) is 4.39 Å². The molecule has 0 radical (unpaired) electrons. The molecule has 1 fully saturated rings. The van der Waals surface area contributed by atoms with Crippen molar-refractivity contribution in [2.45, 2.75) is 38.6 Å². The van der Waals surface area contributed by atoms with Crippen molar-refractivity contribution in [3.63, 3.8) is 0 Å². The molecule has 1 aromatic rings. The monoisotopic (exact) mass is 222 g/mol. The molecule has 2 nitrogen and oxygen atoms in total. The average Bonchev–Trinajstić information content (AvgIpc) is 2.19. The van der Waals surface area contributed by atoms with Gasteiger partial charge in [0, 0.05) is 12.2 Å². The summed E-state index contributed by atoms with van der Waals surface area (Å²) in [5.41, 5.74) is 0.844. The van der Waals surface area contributed by atoms with Crippen molar-refractivity contribution in [3.8, 4) is 0 Å². The lowest BCUT2D eigenvalue weighted by Gasteiger charge is -2.37. The average molecular weight is 222 g/mol. The highest BCUT2D eigenvalue weighted by Crippen LogP contribution is 2.42. The molecule has 2 rings (SSSR count). The van der Waals surface area contributed by atoms with E-state index >= 15 is 0 Å². The fourth-order valence-electron chi connectivity index (χ4n) is 2.30. The Bertz CT molecular complexity index is 352. The van der Waals surface area contributed by atoms with Gasteiger partial charge in [-0.3, -0.25) is 4.98 Å². The van der Waals surface area contributed by atoms with Crippen LogP contribution < -0.4 is 5.32 Å².